The molecule has 0 saturated heterocycles. The molecule has 21 heavy (non-hydrogen) atoms. The highest BCUT2D eigenvalue weighted by molar-refractivity contribution is 9.12. The zero-order valence-corrected chi connectivity index (χ0v) is 13.5. The van der Waals surface area contributed by atoms with Crippen LogP contribution in [0.1, 0.15) is 6.92 Å². The monoisotopic (exact) mass is 371 g/mol. The molecule has 0 fully saturated rings. The van der Waals surface area contributed by atoms with Crippen LogP contribution in [0.5, 0.6) is 0 Å². The second-order valence-electron chi connectivity index (χ2n) is 4.62. The maximum atomic E-state index is 11.5. The topological polar surface area (TPSA) is 105 Å². The van der Waals surface area contributed by atoms with Crippen molar-refractivity contribution < 1.29 is 13.0 Å². The molecule has 0 amide bonds. The van der Waals surface area contributed by atoms with Crippen LogP contribution < -0.4 is 5.73 Å². The molecule has 3 N–H and O–H groups in total. The number of hydrogen-bond acceptors (Lipinski definition) is 5. The SMILES string of the molecule is CC1=CC(/N=N/c2ccccc2)C=C(Br)C1(N)S(=O)(=O)O. The molecule has 1 aliphatic carbocycles. The molecule has 0 bridgehead atoms. The van der Waals surface area contributed by atoms with Crippen molar-refractivity contribution in [2.45, 2.75) is 17.8 Å². The van der Waals surface area contributed by atoms with Gasteiger partial charge in [0.2, 0.25) is 0 Å². The Morgan fingerprint density at radius 1 is 1.29 bits per heavy atom. The van der Waals surface area contributed by atoms with E-state index in [9.17, 15) is 13.0 Å². The van der Waals surface area contributed by atoms with Crippen LogP contribution in [-0.2, 0) is 10.1 Å². The van der Waals surface area contributed by atoms with Gasteiger partial charge in [0, 0.05) is 4.48 Å². The molecule has 1 aliphatic rings. The molecule has 0 saturated carbocycles. The molecular formula is C13H14BrN3O3S. The Balaban J connectivity index is 2.31. The normalized spacial score (nSPS) is 26.6. The van der Waals surface area contributed by atoms with Crippen LogP contribution in [0.15, 0.2) is 62.8 Å². The first-order chi connectivity index (χ1) is 9.75. The largest absolute Gasteiger partial charge is 0.303 e. The van der Waals surface area contributed by atoms with Gasteiger partial charge in [-0.25, -0.2) is 0 Å². The van der Waals surface area contributed by atoms with Crippen molar-refractivity contribution in [3.05, 3.63) is 52.5 Å². The average molecular weight is 372 g/mol. The number of hydrogen-bond donors (Lipinski definition) is 2. The number of halogens is 1. The molecule has 1 aromatic rings. The molecule has 0 spiro atoms. The lowest BCUT2D eigenvalue weighted by Gasteiger charge is -2.30. The van der Waals surface area contributed by atoms with E-state index in [0.717, 1.165) is 0 Å². The highest BCUT2D eigenvalue weighted by Crippen LogP contribution is 2.36. The van der Waals surface area contributed by atoms with Crippen molar-refractivity contribution >= 4 is 31.7 Å². The van der Waals surface area contributed by atoms with Gasteiger partial charge in [0.15, 0.2) is 4.87 Å². The van der Waals surface area contributed by atoms with Gasteiger partial charge >= 0.3 is 0 Å². The van der Waals surface area contributed by atoms with Crippen LogP contribution in [-0.4, -0.2) is 23.9 Å². The smallest absolute Gasteiger partial charge is 0.292 e. The summed E-state index contributed by atoms with van der Waals surface area (Å²) in [7, 11) is -4.49. The van der Waals surface area contributed by atoms with Gasteiger partial charge < -0.3 is 5.73 Å². The van der Waals surface area contributed by atoms with Gasteiger partial charge in [-0.15, -0.1) is 0 Å². The molecule has 2 atom stereocenters. The van der Waals surface area contributed by atoms with Crippen LogP contribution >= 0.6 is 15.9 Å². The minimum atomic E-state index is -4.49. The minimum absolute atomic E-state index is 0.134. The average Bonchev–Trinajstić information content (AvgIpc) is 2.42. The van der Waals surface area contributed by atoms with Crippen molar-refractivity contribution in [2.24, 2.45) is 16.0 Å². The van der Waals surface area contributed by atoms with Crippen LogP contribution in [0.25, 0.3) is 0 Å². The number of rotatable bonds is 3. The first-order valence-corrected chi connectivity index (χ1v) is 8.27. The van der Waals surface area contributed by atoms with E-state index < -0.39 is 21.0 Å². The van der Waals surface area contributed by atoms with Gasteiger partial charge in [-0.05, 0) is 30.7 Å². The molecular weight excluding hydrogens is 358 g/mol. The fourth-order valence-electron chi connectivity index (χ4n) is 1.91. The molecule has 112 valence electrons. The zero-order chi connectivity index (χ0) is 15.7. The van der Waals surface area contributed by atoms with Crippen molar-refractivity contribution in [3.8, 4) is 0 Å². The van der Waals surface area contributed by atoms with E-state index in [-0.39, 0.29) is 10.1 Å². The Bertz CT molecular complexity index is 706. The first kappa shape index (κ1) is 16.0. The summed E-state index contributed by atoms with van der Waals surface area (Å²) in [5.41, 5.74) is 6.76. The van der Waals surface area contributed by atoms with Crippen molar-refractivity contribution in [1.82, 2.24) is 0 Å². The summed E-state index contributed by atoms with van der Waals surface area (Å²) in [4.78, 5) is -1.97. The van der Waals surface area contributed by atoms with Gasteiger partial charge in [-0.1, -0.05) is 40.2 Å². The van der Waals surface area contributed by atoms with Crippen LogP contribution in [0.4, 0.5) is 5.69 Å². The summed E-state index contributed by atoms with van der Waals surface area (Å²) in [6.45, 7) is 1.52. The lowest BCUT2D eigenvalue weighted by atomic mass is 9.99. The summed E-state index contributed by atoms with van der Waals surface area (Å²) in [5.74, 6) is 0. The Hall–Kier alpha value is -1.35. The summed E-state index contributed by atoms with van der Waals surface area (Å²) in [6, 6.07) is 8.68. The molecule has 8 heteroatoms. The third-order valence-electron chi connectivity index (χ3n) is 3.15. The van der Waals surface area contributed by atoms with Crippen LogP contribution in [0.2, 0.25) is 0 Å². The van der Waals surface area contributed by atoms with Gasteiger partial charge in [0.05, 0.1) is 5.69 Å². The summed E-state index contributed by atoms with van der Waals surface area (Å²) in [5, 5.41) is 8.18. The Kier molecular flexibility index (Phi) is 4.43. The third-order valence-corrected chi connectivity index (χ3v) is 5.66. The highest BCUT2D eigenvalue weighted by atomic mass is 79.9. The van der Waals surface area contributed by atoms with E-state index in [1.807, 2.05) is 18.2 Å². The van der Waals surface area contributed by atoms with Crippen LogP contribution in [0.3, 0.4) is 0 Å². The molecule has 0 aliphatic heterocycles. The molecule has 6 nitrogen and oxygen atoms in total. The number of nitrogens with zero attached hydrogens (tertiary/aromatic N) is 2. The predicted octanol–water partition coefficient (Wildman–Crippen LogP) is 2.92. The second kappa shape index (κ2) is 5.80. The van der Waals surface area contributed by atoms with E-state index in [1.165, 1.54) is 13.0 Å². The molecule has 2 unspecified atom stereocenters. The van der Waals surface area contributed by atoms with E-state index in [4.69, 9.17) is 5.73 Å². The fraction of sp³-hybridized carbons (Fsp3) is 0.231. The minimum Gasteiger partial charge on any atom is -0.303 e. The number of benzene rings is 1. The molecule has 2 rings (SSSR count). The van der Waals surface area contributed by atoms with E-state index in [2.05, 4.69) is 26.2 Å². The molecule has 1 aromatic carbocycles. The predicted molar refractivity (Wildman–Crippen MR) is 84.0 cm³/mol. The fourth-order valence-corrected chi connectivity index (χ4v) is 3.90. The second-order valence-corrected chi connectivity index (χ2v) is 7.07. The molecule has 0 heterocycles. The van der Waals surface area contributed by atoms with Gasteiger partial charge in [0.25, 0.3) is 10.1 Å². The van der Waals surface area contributed by atoms with E-state index in [1.54, 1.807) is 18.2 Å². The van der Waals surface area contributed by atoms with Crippen molar-refractivity contribution in [1.29, 1.82) is 0 Å². The standard InChI is InChI=1S/C13H14BrN3O3S/c1-9-7-11(17-16-10-5-3-2-4-6-10)8-12(14)13(9,15)21(18,19)20/h2-8,11H,15H2,1H3,(H,18,19,20)/b17-16+. The van der Waals surface area contributed by atoms with Crippen molar-refractivity contribution in [3.63, 3.8) is 0 Å². The van der Waals surface area contributed by atoms with Gasteiger partial charge in [0.1, 0.15) is 6.04 Å². The van der Waals surface area contributed by atoms with Gasteiger partial charge in [-0.2, -0.15) is 18.6 Å². The lowest BCUT2D eigenvalue weighted by Crippen LogP contribution is -2.50. The quantitative estimate of drug-likeness (QED) is 0.483. The van der Waals surface area contributed by atoms with E-state index in [0.29, 0.717) is 5.69 Å². The Morgan fingerprint density at radius 2 is 1.90 bits per heavy atom. The summed E-state index contributed by atoms with van der Waals surface area (Å²) in [6.07, 6.45) is 3.04. The molecule has 0 radical (unpaired) electrons. The Labute approximate surface area is 131 Å². The summed E-state index contributed by atoms with van der Waals surface area (Å²) >= 11 is 3.11. The van der Waals surface area contributed by atoms with E-state index >= 15 is 0 Å². The zero-order valence-electron chi connectivity index (χ0n) is 11.1. The third kappa shape index (κ3) is 3.13. The maximum Gasteiger partial charge on any atom is 0.292 e. The maximum absolute atomic E-state index is 11.5. The summed E-state index contributed by atoms with van der Waals surface area (Å²) < 4.78 is 32.4. The van der Waals surface area contributed by atoms with Gasteiger partial charge in [-0.3, -0.25) is 4.55 Å². The lowest BCUT2D eigenvalue weighted by molar-refractivity contribution is 0.457. The number of nitrogens with two attached hydrogens (primary N) is 1. The van der Waals surface area contributed by atoms with Crippen LogP contribution in [0, 0.1) is 0 Å². The highest BCUT2D eigenvalue weighted by Gasteiger charge is 2.45. The number of azo groups is 1. The Morgan fingerprint density at radius 3 is 2.43 bits per heavy atom. The first-order valence-electron chi connectivity index (χ1n) is 6.03. The van der Waals surface area contributed by atoms with Crippen molar-refractivity contribution in [2.75, 3.05) is 0 Å². The molecule has 0 aromatic heterocycles.